The Morgan fingerprint density at radius 1 is 1.43 bits per heavy atom. The van der Waals surface area contributed by atoms with Gasteiger partial charge in [-0.3, -0.25) is 14.9 Å². The number of hydrogen-bond donors (Lipinski definition) is 1. The van der Waals surface area contributed by atoms with Crippen LogP contribution >= 0.6 is 0 Å². The van der Waals surface area contributed by atoms with E-state index in [-0.39, 0.29) is 17.5 Å². The molecule has 0 aliphatic carbocycles. The monoisotopic (exact) mass is 316 g/mol. The molecule has 1 atom stereocenters. The third-order valence-corrected chi connectivity index (χ3v) is 3.71. The molecule has 0 spiro atoms. The highest BCUT2D eigenvalue weighted by atomic mass is 16.6. The van der Waals surface area contributed by atoms with E-state index in [0.29, 0.717) is 17.7 Å². The minimum Gasteiger partial charge on any atom is -0.352 e. The highest BCUT2D eigenvalue weighted by Gasteiger charge is 2.15. The molecule has 1 N–H and O–H groups in total. The number of imidazole rings is 1. The number of carbonyl (C=O) groups excluding carboxylic acids is 1. The van der Waals surface area contributed by atoms with Crippen molar-refractivity contribution < 1.29 is 9.72 Å². The molecule has 23 heavy (non-hydrogen) atoms. The summed E-state index contributed by atoms with van der Waals surface area (Å²) in [4.78, 5) is 26.8. The van der Waals surface area contributed by atoms with E-state index >= 15 is 0 Å². The van der Waals surface area contributed by atoms with Crippen LogP contribution in [-0.2, 0) is 6.54 Å². The Labute approximate surface area is 134 Å². The summed E-state index contributed by atoms with van der Waals surface area (Å²) in [6.45, 7) is 6.83. The van der Waals surface area contributed by atoms with Crippen molar-refractivity contribution in [3.8, 4) is 0 Å². The number of amides is 1. The maximum Gasteiger partial charge on any atom is 0.273 e. The van der Waals surface area contributed by atoms with Gasteiger partial charge in [-0.1, -0.05) is 13.0 Å². The number of benzene rings is 1. The molecule has 2 rings (SSSR count). The molecule has 7 heteroatoms. The van der Waals surface area contributed by atoms with E-state index in [2.05, 4.69) is 10.3 Å². The fourth-order valence-electron chi connectivity index (χ4n) is 2.31. The van der Waals surface area contributed by atoms with Gasteiger partial charge in [0, 0.05) is 42.7 Å². The fourth-order valence-corrected chi connectivity index (χ4v) is 2.31. The van der Waals surface area contributed by atoms with Crippen molar-refractivity contribution in [1.29, 1.82) is 0 Å². The Bertz CT molecular complexity index is 724. The molecule has 1 heterocycles. The summed E-state index contributed by atoms with van der Waals surface area (Å²) >= 11 is 0. The first-order chi connectivity index (χ1) is 10.9. The summed E-state index contributed by atoms with van der Waals surface area (Å²) in [7, 11) is 0. The summed E-state index contributed by atoms with van der Waals surface area (Å²) in [5, 5.41) is 13.8. The molecular formula is C16H20N4O3. The minimum atomic E-state index is -0.476. The van der Waals surface area contributed by atoms with Gasteiger partial charge in [0.25, 0.3) is 11.6 Å². The average molecular weight is 316 g/mol. The van der Waals surface area contributed by atoms with Crippen LogP contribution in [0.15, 0.2) is 30.6 Å². The van der Waals surface area contributed by atoms with Gasteiger partial charge in [-0.15, -0.1) is 0 Å². The van der Waals surface area contributed by atoms with Crippen molar-refractivity contribution in [3.05, 3.63) is 57.7 Å². The number of nitrogens with one attached hydrogen (secondary N) is 1. The van der Waals surface area contributed by atoms with Gasteiger partial charge in [0.1, 0.15) is 5.82 Å². The lowest BCUT2D eigenvalue weighted by Gasteiger charge is -2.14. The zero-order valence-electron chi connectivity index (χ0n) is 13.4. The van der Waals surface area contributed by atoms with Crippen LogP contribution in [0.3, 0.4) is 0 Å². The Balaban J connectivity index is 1.95. The number of nitro benzene ring substituents is 1. The average Bonchev–Trinajstić information content (AvgIpc) is 2.90. The van der Waals surface area contributed by atoms with Gasteiger partial charge >= 0.3 is 0 Å². The zero-order valence-corrected chi connectivity index (χ0v) is 13.4. The first-order valence-electron chi connectivity index (χ1n) is 7.39. The van der Waals surface area contributed by atoms with Gasteiger partial charge in [0.2, 0.25) is 0 Å². The lowest BCUT2D eigenvalue weighted by atomic mass is 10.1. The quantitative estimate of drug-likeness (QED) is 0.655. The second-order valence-corrected chi connectivity index (χ2v) is 5.70. The summed E-state index contributed by atoms with van der Waals surface area (Å²) in [6.07, 6.45) is 3.64. The third-order valence-electron chi connectivity index (χ3n) is 3.71. The van der Waals surface area contributed by atoms with E-state index in [1.165, 1.54) is 6.07 Å². The van der Waals surface area contributed by atoms with E-state index in [1.807, 2.05) is 24.6 Å². The van der Waals surface area contributed by atoms with Crippen LogP contribution in [-0.4, -0.2) is 26.9 Å². The lowest BCUT2D eigenvalue weighted by Crippen LogP contribution is -2.30. The first-order valence-corrected chi connectivity index (χ1v) is 7.39. The molecule has 1 aromatic carbocycles. The molecule has 1 aromatic heterocycles. The van der Waals surface area contributed by atoms with Crippen LogP contribution in [0.4, 0.5) is 5.69 Å². The summed E-state index contributed by atoms with van der Waals surface area (Å²) in [6, 6.07) is 4.50. The molecule has 1 amide bonds. The number of aryl methyl sites for hydroxylation is 2. The SMILES string of the molecule is Cc1ccc(C(=O)NCC(C)Cn2ccnc2C)cc1[N+](=O)[O-]. The van der Waals surface area contributed by atoms with Crippen LogP contribution in [0.25, 0.3) is 0 Å². The Hall–Kier alpha value is -2.70. The van der Waals surface area contributed by atoms with Gasteiger partial charge in [0.15, 0.2) is 0 Å². The molecule has 0 fully saturated rings. The van der Waals surface area contributed by atoms with Crippen LogP contribution < -0.4 is 5.32 Å². The molecule has 2 aromatic rings. The van der Waals surface area contributed by atoms with E-state index in [0.717, 1.165) is 12.4 Å². The smallest absolute Gasteiger partial charge is 0.273 e. The molecule has 0 saturated heterocycles. The third kappa shape index (κ3) is 4.15. The van der Waals surface area contributed by atoms with Crippen LogP contribution in [0.5, 0.6) is 0 Å². The minimum absolute atomic E-state index is 0.0419. The number of carbonyl (C=O) groups is 1. The van der Waals surface area contributed by atoms with Gasteiger partial charge < -0.3 is 9.88 Å². The second kappa shape index (κ2) is 7.04. The molecule has 1 unspecified atom stereocenters. The zero-order chi connectivity index (χ0) is 17.0. The van der Waals surface area contributed by atoms with Crippen molar-refractivity contribution in [2.24, 2.45) is 5.92 Å². The summed E-state index contributed by atoms with van der Waals surface area (Å²) < 4.78 is 2.02. The van der Waals surface area contributed by atoms with Crippen molar-refractivity contribution in [3.63, 3.8) is 0 Å². The van der Waals surface area contributed by atoms with E-state index in [9.17, 15) is 14.9 Å². The number of nitro groups is 1. The van der Waals surface area contributed by atoms with Gasteiger partial charge in [0.05, 0.1) is 4.92 Å². The number of nitrogens with zero attached hydrogens (tertiary/aromatic N) is 3. The number of aromatic nitrogens is 2. The van der Waals surface area contributed by atoms with Gasteiger partial charge in [-0.05, 0) is 25.8 Å². The molecule has 0 aliphatic heterocycles. The van der Waals surface area contributed by atoms with Crippen molar-refractivity contribution >= 4 is 11.6 Å². The second-order valence-electron chi connectivity index (χ2n) is 5.70. The normalized spacial score (nSPS) is 12.0. The van der Waals surface area contributed by atoms with Crippen LogP contribution in [0.2, 0.25) is 0 Å². The lowest BCUT2D eigenvalue weighted by molar-refractivity contribution is -0.385. The fraction of sp³-hybridized carbons (Fsp3) is 0.375. The van der Waals surface area contributed by atoms with E-state index in [1.54, 1.807) is 25.3 Å². The Kier molecular flexibility index (Phi) is 5.10. The molecule has 0 aliphatic rings. The van der Waals surface area contributed by atoms with Crippen LogP contribution in [0.1, 0.15) is 28.7 Å². The van der Waals surface area contributed by atoms with Crippen molar-refractivity contribution in [2.45, 2.75) is 27.3 Å². The maximum absolute atomic E-state index is 12.2. The highest BCUT2D eigenvalue weighted by Crippen LogP contribution is 2.19. The molecule has 0 bridgehead atoms. The maximum atomic E-state index is 12.2. The molecule has 0 saturated carbocycles. The Morgan fingerprint density at radius 2 is 2.17 bits per heavy atom. The molecule has 0 radical (unpaired) electrons. The standard InChI is InChI=1S/C16H20N4O3/c1-11(10-19-7-6-17-13(19)3)9-18-16(21)14-5-4-12(2)15(8-14)20(22)23/h4-8,11H,9-10H2,1-3H3,(H,18,21). The molecule has 122 valence electrons. The Morgan fingerprint density at radius 3 is 2.78 bits per heavy atom. The predicted molar refractivity (Wildman–Crippen MR) is 86.3 cm³/mol. The van der Waals surface area contributed by atoms with E-state index in [4.69, 9.17) is 0 Å². The topological polar surface area (TPSA) is 90.1 Å². The largest absolute Gasteiger partial charge is 0.352 e. The van der Waals surface area contributed by atoms with E-state index < -0.39 is 4.92 Å². The predicted octanol–water partition coefficient (Wildman–Crippen LogP) is 2.47. The van der Waals surface area contributed by atoms with Gasteiger partial charge in [-0.2, -0.15) is 0 Å². The molecule has 7 nitrogen and oxygen atoms in total. The highest BCUT2D eigenvalue weighted by molar-refractivity contribution is 5.94. The molecular weight excluding hydrogens is 296 g/mol. The summed E-state index contributed by atoms with van der Waals surface area (Å²) in [5.74, 6) is 0.840. The van der Waals surface area contributed by atoms with Crippen molar-refractivity contribution in [2.75, 3.05) is 6.54 Å². The first kappa shape index (κ1) is 16.7. The van der Waals surface area contributed by atoms with Gasteiger partial charge in [-0.25, -0.2) is 4.98 Å². The van der Waals surface area contributed by atoms with Crippen molar-refractivity contribution in [1.82, 2.24) is 14.9 Å². The number of hydrogen-bond acceptors (Lipinski definition) is 4. The summed E-state index contributed by atoms with van der Waals surface area (Å²) in [5.41, 5.74) is 0.795. The van der Waals surface area contributed by atoms with Crippen LogP contribution in [0, 0.1) is 29.9 Å². The number of rotatable bonds is 6.